The van der Waals surface area contributed by atoms with Crippen LogP contribution in [0.25, 0.3) is 44.4 Å². The van der Waals surface area contributed by atoms with Gasteiger partial charge in [0.2, 0.25) is 0 Å². The molecule has 3 aromatic carbocycles. The third-order valence-corrected chi connectivity index (χ3v) is 5.67. The molecule has 0 atom stereocenters. The quantitative estimate of drug-likeness (QED) is 0.180. The van der Waals surface area contributed by atoms with Crippen LogP contribution in [0.1, 0.15) is 42.3 Å². The maximum Gasteiger partial charge on any atom is 0.338 e. The predicted molar refractivity (Wildman–Crippen MR) is 143 cm³/mol. The van der Waals surface area contributed by atoms with Gasteiger partial charge in [0.05, 0.1) is 34.8 Å². The highest BCUT2D eigenvalue weighted by Crippen LogP contribution is 2.35. The van der Waals surface area contributed by atoms with Crippen molar-refractivity contribution in [1.29, 1.82) is 5.26 Å². The number of halogens is 1. The fraction of sp³-hybridized carbons (Fsp3) is 0.185. The highest BCUT2D eigenvalue weighted by Gasteiger charge is 2.19. The third kappa shape index (κ3) is 4.37. The number of aromatic amines is 1. The van der Waals surface area contributed by atoms with Crippen LogP contribution in [-0.4, -0.2) is 34.4 Å². The van der Waals surface area contributed by atoms with Crippen LogP contribution in [0.15, 0.2) is 57.9 Å². The van der Waals surface area contributed by atoms with E-state index >= 15 is 0 Å². The Hall–Kier alpha value is -4.35. The Labute approximate surface area is 213 Å². The van der Waals surface area contributed by atoms with E-state index in [1.165, 1.54) is 0 Å². The van der Waals surface area contributed by atoms with E-state index in [1.54, 1.807) is 31.2 Å². The number of benzene rings is 3. The standard InChI is InChI=1S/C27H23N5O3.ClH/c1-4-34-27(33)20-12-23-19(18-9-15(13-28)5-7-17(18)20)11-24(35-23)26-31-21-8-6-16(10-22(21)32-26)25(29)30-14(2)3;/h5-12,14H,4H2,1-3H3,(H2,29,30)(H,31,32);1H. The molecule has 8 nitrogen and oxygen atoms in total. The summed E-state index contributed by atoms with van der Waals surface area (Å²) in [7, 11) is 0. The molecule has 2 heterocycles. The number of imidazole rings is 1. The number of carbonyl (C=O) groups excluding carboxylic acids is 1. The zero-order chi connectivity index (χ0) is 24.7. The van der Waals surface area contributed by atoms with Crippen molar-refractivity contribution in [1.82, 2.24) is 9.97 Å². The number of rotatable bonds is 5. The third-order valence-electron chi connectivity index (χ3n) is 5.67. The molecule has 0 saturated carbocycles. The number of nitrogens with one attached hydrogen (secondary N) is 1. The number of nitrogens with zero attached hydrogens (tertiary/aromatic N) is 3. The van der Waals surface area contributed by atoms with Crippen molar-refractivity contribution in [3.05, 3.63) is 65.2 Å². The SMILES string of the molecule is CCOC(=O)c1cc2oc(-c3nc4ccc(C(N)=NC(C)C)cc4[nH]3)cc2c2cc(C#N)ccc12.Cl. The number of H-pyrrole nitrogens is 1. The maximum atomic E-state index is 12.6. The molecule has 5 rings (SSSR count). The molecule has 0 radical (unpaired) electrons. The number of carbonyl (C=O) groups is 1. The Morgan fingerprint density at radius 3 is 2.69 bits per heavy atom. The van der Waals surface area contributed by atoms with Crippen molar-refractivity contribution in [3.63, 3.8) is 0 Å². The molecular formula is C27H24ClN5O3. The smallest absolute Gasteiger partial charge is 0.338 e. The van der Waals surface area contributed by atoms with Crippen LogP contribution < -0.4 is 5.73 Å². The Morgan fingerprint density at radius 2 is 1.97 bits per heavy atom. The van der Waals surface area contributed by atoms with Crippen molar-refractivity contribution in [2.75, 3.05) is 6.61 Å². The van der Waals surface area contributed by atoms with Gasteiger partial charge in [0, 0.05) is 17.0 Å². The number of hydrogen-bond donors (Lipinski definition) is 2. The largest absolute Gasteiger partial charge is 0.462 e. The molecule has 9 heteroatoms. The Morgan fingerprint density at radius 1 is 1.17 bits per heavy atom. The number of aromatic nitrogens is 2. The van der Waals surface area contributed by atoms with Gasteiger partial charge in [-0.25, -0.2) is 9.78 Å². The lowest BCUT2D eigenvalue weighted by molar-refractivity contribution is 0.0528. The lowest BCUT2D eigenvalue weighted by atomic mass is 9.99. The normalized spacial score (nSPS) is 11.7. The topological polar surface area (TPSA) is 130 Å². The second kappa shape index (κ2) is 9.72. The summed E-state index contributed by atoms with van der Waals surface area (Å²) in [6, 6.07) is 16.7. The molecule has 0 saturated heterocycles. The Bertz CT molecular complexity index is 1690. The number of amidine groups is 1. The van der Waals surface area contributed by atoms with E-state index < -0.39 is 5.97 Å². The van der Waals surface area contributed by atoms with Crippen LogP contribution in [0, 0.1) is 11.3 Å². The second-order valence-electron chi connectivity index (χ2n) is 8.46. The van der Waals surface area contributed by atoms with E-state index in [0.717, 1.165) is 27.4 Å². The van der Waals surface area contributed by atoms with Crippen molar-refractivity contribution >= 4 is 57.0 Å². The summed E-state index contributed by atoms with van der Waals surface area (Å²) >= 11 is 0. The lowest BCUT2D eigenvalue weighted by Gasteiger charge is -2.07. The second-order valence-corrected chi connectivity index (χ2v) is 8.46. The first-order valence-corrected chi connectivity index (χ1v) is 11.3. The molecule has 0 fully saturated rings. The molecule has 5 aromatic rings. The predicted octanol–water partition coefficient (Wildman–Crippen LogP) is 5.71. The van der Waals surface area contributed by atoms with Crippen molar-refractivity contribution in [3.8, 4) is 17.7 Å². The molecular weight excluding hydrogens is 478 g/mol. The lowest BCUT2D eigenvalue weighted by Crippen LogP contribution is -2.15. The van der Waals surface area contributed by atoms with Gasteiger partial charge in [-0.15, -0.1) is 12.4 Å². The van der Waals surface area contributed by atoms with Gasteiger partial charge in [-0.2, -0.15) is 5.26 Å². The first-order valence-electron chi connectivity index (χ1n) is 11.3. The summed E-state index contributed by atoms with van der Waals surface area (Å²) < 4.78 is 11.4. The summed E-state index contributed by atoms with van der Waals surface area (Å²) in [4.78, 5) is 25.0. The van der Waals surface area contributed by atoms with Gasteiger partial charge in [-0.3, -0.25) is 4.99 Å². The highest BCUT2D eigenvalue weighted by atomic mass is 35.5. The molecule has 0 spiro atoms. The minimum absolute atomic E-state index is 0. The number of aliphatic imine (C=N–C) groups is 1. The van der Waals surface area contributed by atoms with E-state index in [0.29, 0.717) is 39.5 Å². The van der Waals surface area contributed by atoms with Gasteiger partial charge < -0.3 is 19.9 Å². The number of hydrogen-bond acceptors (Lipinski definition) is 6. The zero-order valence-corrected chi connectivity index (χ0v) is 20.8. The van der Waals surface area contributed by atoms with Crippen molar-refractivity contribution in [2.45, 2.75) is 26.8 Å². The van der Waals surface area contributed by atoms with Gasteiger partial charge >= 0.3 is 5.97 Å². The monoisotopic (exact) mass is 501 g/mol. The Kier molecular flexibility index (Phi) is 6.69. The minimum atomic E-state index is -0.445. The van der Waals surface area contributed by atoms with Gasteiger partial charge in [-0.1, -0.05) is 6.07 Å². The number of esters is 1. The van der Waals surface area contributed by atoms with Crippen LogP contribution in [0.3, 0.4) is 0 Å². The van der Waals surface area contributed by atoms with Gasteiger partial charge in [-0.05, 0) is 74.0 Å². The summed E-state index contributed by atoms with van der Waals surface area (Å²) in [6.07, 6.45) is 0. The molecule has 0 unspecified atom stereocenters. The summed E-state index contributed by atoms with van der Waals surface area (Å²) in [5.74, 6) is 1.06. The molecule has 36 heavy (non-hydrogen) atoms. The molecule has 0 aliphatic heterocycles. The molecule has 3 N–H and O–H groups in total. The molecule has 182 valence electrons. The van der Waals surface area contributed by atoms with Crippen LogP contribution in [0.2, 0.25) is 0 Å². The van der Waals surface area contributed by atoms with Crippen molar-refractivity contribution in [2.24, 2.45) is 10.7 Å². The van der Waals surface area contributed by atoms with Gasteiger partial charge in [0.1, 0.15) is 11.4 Å². The maximum absolute atomic E-state index is 12.6. The van der Waals surface area contributed by atoms with Gasteiger partial charge in [0.15, 0.2) is 11.6 Å². The highest BCUT2D eigenvalue weighted by molar-refractivity contribution is 6.16. The fourth-order valence-corrected chi connectivity index (χ4v) is 4.14. The molecule has 0 amide bonds. The number of ether oxygens (including phenoxy) is 1. The minimum Gasteiger partial charge on any atom is -0.462 e. The van der Waals surface area contributed by atoms with E-state index in [4.69, 9.17) is 14.9 Å². The number of nitriles is 1. The van der Waals surface area contributed by atoms with Crippen LogP contribution in [0.4, 0.5) is 0 Å². The zero-order valence-electron chi connectivity index (χ0n) is 20.0. The van der Waals surface area contributed by atoms with Crippen LogP contribution >= 0.6 is 12.4 Å². The first kappa shape index (κ1) is 24.8. The van der Waals surface area contributed by atoms with Crippen LogP contribution in [0.5, 0.6) is 0 Å². The summed E-state index contributed by atoms with van der Waals surface area (Å²) in [5.41, 5.74) is 9.85. The van der Waals surface area contributed by atoms with E-state index in [2.05, 4.69) is 21.0 Å². The number of nitrogens with two attached hydrogens (primary N) is 1. The molecule has 0 bridgehead atoms. The Balaban J connectivity index is 0.00000304. The van der Waals surface area contributed by atoms with Crippen LogP contribution in [-0.2, 0) is 4.74 Å². The summed E-state index contributed by atoms with van der Waals surface area (Å²) in [6.45, 7) is 5.95. The molecule has 0 aliphatic rings. The number of furan rings is 1. The molecule has 2 aromatic heterocycles. The van der Waals surface area contributed by atoms with E-state index in [-0.39, 0.29) is 25.1 Å². The molecule has 0 aliphatic carbocycles. The number of fused-ring (bicyclic) bond motifs is 4. The first-order chi connectivity index (χ1) is 16.9. The fourth-order valence-electron chi connectivity index (χ4n) is 4.14. The summed E-state index contributed by atoms with van der Waals surface area (Å²) in [5, 5.41) is 11.6. The average molecular weight is 502 g/mol. The average Bonchev–Trinajstić information content (AvgIpc) is 3.46. The van der Waals surface area contributed by atoms with E-state index in [9.17, 15) is 10.1 Å². The van der Waals surface area contributed by atoms with E-state index in [1.807, 2.05) is 38.1 Å². The van der Waals surface area contributed by atoms with Gasteiger partial charge in [0.25, 0.3) is 0 Å². The van der Waals surface area contributed by atoms with Crippen molar-refractivity contribution < 1.29 is 13.9 Å².